The molecule has 0 saturated carbocycles. The molecule has 1 rings (SSSR count). The monoisotopic (exact) mass is 362 g/mol. The normalized spacial score (nSPS) is 12.7. The molecule has 0 aliphatic heterocycles. The first kappa shape index (κ1) is 13.7. The minimum atomic E-state index is 0.384. The molecular weight excluding hydrogens is 351 g/mol. The molecule has 16 heavy (non-hydrogen) atoms. The van der Waals surface area contributed by atoms with E-state index in [4.69, 9.17) is 5.41 Å². The molecule has 1 aromatic heterocycles. The molecule has 0 radical (unpaired) electrons. The van der Waals surface area contributed by atoms with Crippen LogP contribution in [-0.4, -0.2) is 9.43 Å². The van der Waals surface area contributed by atoms with Crippen LogP contribution in [-0.2, 0) is 0 Å². The number of allylic oxidation sites excluding steroid dienone is 2. The number of halogens is 1. The number of nitrogens with zero attached hydrogens (tertiary/aromatic N) is 1. The Labute approximate surface area is 118 Å². The highest BCUT2D eigenvalue weighted by Crippen LogP contribution is 2.26. The molecule has 0 unspecified atom stereocenters. The van der Waals surface area contributed by atoms with E-state index < -0.39 is 0 Å². The summed E-state index contributed by atoms with van der Waals surface area (Å²) < 4.78 is 4.25. The second-order valence-electron chi connectivity index (χ2n) is 2.91. The lowest BCUT2D eigenvalue weighted by Crippen LogP contribution is -2.07. The molecule has 0 aliphatic rings. The maximum atomic E-state index is 7.64. The van der Waals surface area contributed by atoms with Crippen LogP contribution in [0.15, 0.2) is 28.5 Å². The zero-order valence-electron chi connectivity index (χ0n) is 8.70. The summed E-state index contributed by atoms with van der Waals surface area (Å²) in [6.45, 7) is 5.66. The number of thiol groups is 1. The third kappa shape index (κ3) is 3.05. The van der Waals surface area contributed by atoms with Crippen LogP contribution < -0.4 is 0 Å². The quantitative estimate of drug-likeness (QED) is 0.450. The van der Waals surface area contributed by atoms with Gasteiger partial charge >= 0.3 is 0 Å². The van der Waals surface area contributed by atoms with E-state index in [1.807, 2.05) is 47.0 Å². The van der Waals surface area contributed by atoms with Crippen LogP contribution in [0.3, 0.4) is 0 Å². The van der Waals surface area contributed by atoms with Gasteiger partial charge in [0.1, 0.15) is 9.43 Å². The molecule has 0 atom stereocenters. The Morgan fingerprint density at radius 1 is 1.69 bits per heavy atom. The van der Waals surface area contributed by atoms with E-state index in [0.29, 0.717) is 9.43 Å². The standard InChI is InChI=1S/C11H11IN2S2/c1-3-7-5-9(16-6-7)8(4-2)10(14-15)11(12)13/h3-6,13,15H,1H2,2H3/b8-4-,13-11?,14-10?. The molecule has 0 fully saturated rings. The van der Waals surface area contributed by atoms with Crippen LogP contribution in [0.2, 0.25) is 0 Å². The van der Waals surface area contributed by atoms with E-state index in [2.05, 4.69) is 23.8 Å². The zero-order valence-corrected chi connectivity index (χ0v) is 12.6. The molecule has 0 saturated heterocycles. The zero-order chi connectivity index (χ0) is 12.1. The highest BCUT2D eigenvalue weighted by molar-refractivity contribution is 14.1. The van der Waals surface area contributed by atoms with E-state index >= 15 is 0 Å². The lowest BCUT2D eigenvalue weighted by Gasteiger charge is -2.04. The first-order valence-electron chi connectivity index (χ1n) is 4.48. The summed E-state index contributed by atoms with van der Waals surface area (Å²) in [6, 6.07) is 2.03. The van der Waals surface area contributed by atoms with Gasteiger partial charge in [0.2, 0.25) is 0 Å². The molecule has 0 aromatic carbocycles. The van der Waals surface area contributed by atoms with E-state index in [9.17, 15) is 0 Å². The average Bonchev–Trinajstić information content (AvgIpc) is 2.73. The maximum absolute atomic E-state index is 7.64. The summed E-state index contributed by atoms with van der Waals surface area (Å²) in [5, 5.41) is 9.66. The molecule has 0 amide bonds. The Balaban J connectivity index is 3.18. The predicted molar refractivity (Wildman–Crippen MR) is 86.2 cm³/mol. The summed E-state index contributed by atoms with van der Waals surface area (Å²) in [6.07, 6.45) is 3.75. The van der Waals surface area contributed by atoms with Gasteiger partial charge in [0.25, 0.3) is 0 Å². The minimum Gasteiger partial charge on any atom is -0.292 e. The van der Waals surface area contributed by atoms with E-state index in [1.54, 1.807) is 17.4 Å². The summed E-state index contributed by atoms with van der Waals surface area (Å²) in [7, 11) is 0. The molecule has 0 spiro atoms. The van der Waals surface area contributed by atoms with Gasteiger partial charge < -0.3 is 0 Å². The molecule has 0 bridgehead atoms. The van der Waals surface area contributed by atoms with Crippen molar-refractivity contribution in [2.24, 2.45) is 4.40 Å². The molecule has 0 aliphatic carbocycles. The van der Waals surface area contributed by atoms with Gasteiger partial charge in [0.05, 0.1) is 0 Å². The van der Waals surface area contributed by atoms with Crippen molar-refractivity contribution < 1.29 is 0 Å². The van der Waals surface area contributed by atoms with Gasteiger partial charge in [-0.2, -0.15) is 0 Å². The van der Waals surface area contributed by atoms with E-state index in [1.165, 1.54) is 0 Å². The minimum absolute atomic E-state index is 0.384. The third-order valence-electron chi connectivity index (χ3n) is 1.97. The molecular formula is C11H11IN2S2. The van der Waals surface area contributed by atoms with Gasteiger partial charge in [-0.15, -0.1) is 11.3 Å². The van der Waals surface area contributed by atoms with Crippen molar-refractivity contribution >= 4 is 67.8 Å². The van der Waals surface area contributed by atoms with Gasteiger partial charge in [-0.3, -0.25) is 5.41 Å². The second-order valence-corrected chi connectivity index (χ2v) is 5.10. The summed E-state index contributed by atoms with van der Waals surface area (Å²) >= 11 is 7.46. The Morgan fingerprint density at radius 3 is 2.75 bits per heavy atom. The highest BCUT2D eigenvalue weighted by Gasteiger charge is 2.13. The smallest absolute Gasteiger partial charge is 0.119 e. The van der Waals surface area contributed by atoms with Crippen molar-refractivity contribution in [2.75, 3.05) is 0 Å². The Hall–Kier alpha value is -0.400. The van der Waals surface area contributed by atoms with Gasteiger partial charge in [0, 0.05) is 10.5 Å². The molecule has 1 N–H and O–H groups in total. The van der Waals surface area contributed by atoms with E-state index in [-0.39, 0.29) is 0 Å². The van der Waals surface area contributed by atoms with Crippen LogP contribution in [0.5, 0.6) is 0 Å². The average molecular weight is 362 g/mol. The molecule has 1 heterocycles. The Kier molecular flexibility index (Phi) is 5.43. The molecule has 2 nitrogen and oxygen atoms in total. The third-order valence-corrected chi connectivity index (χ3v) is 3.67. The van der Waals surface area contributed by atoms with Crippen molar-refractivity contribution in [3.05, 3.63) is 34.5 Å². The van der Waals surface area contributed by atoms with Gasteiger partial charge in [-0.05, 0) is 59.3 Å². The fourth-order valence-corrected chi connectivity index (χ4v) is 2.99. The Bertz CT molecular complexity index is 472. The lowest BCUT2D eigenvalue weighted by molar-refractivity contribution is 1.58. The molecule has 1 aromatic rings. The summed E-state index contributed by atoms with van der Waals surface area (Å²) in [4.78, 5) is 1.08. The molecule has 5 heteroatoms. The maximum Gasteiger partial charge on any atom is 0.119 e. The number of rotatable bonds is 4. The number of hydrogen-bond donors (Lipinski definition) is 2. The first-order valence-corrected chi connectivity index (χ1v) is 6.84. The number of thiophene rings is 1. The van der Waals surface area contributed by atoms with Crippen LogP contribution in [0, 0.1) is 5.41 Å². The van der Waals surface area contributed by atoms with Crippen molar-refractivity contribution in [1.29, 1.82) is 5.41 Å². The predicted octanol–water partition coefficient (Wildman–Crippen LogP) is 4.49. The fourth-order valence-electron chi connectivity index (χ4n) is 1.21. The first-order chi connectivity index (χ1) is 7.63. The van der Waals surface area contributed by atoms with Gasteiger partial charge in [-0.1, -0.05) is 18.7 Å². The molecule has 84 valence electrons. The van der Waals surface area contributed by atoms with Crippen LogP contribution in [0.25, 0.3) is 11.6 Å². The lowest BCUT2D eigenvalue weighted by atomic mass is 10.1. The van der Waals surface area contributed by atoms with Gasteiger partial charge in [-0.25, -0.2) is 4.40 Å². The largest absolute Gasteiger partial charge is 0.292 e. The number of nitrogens with one attached hydrogen (secondary N) is 1. The van der Waals surface area contributed by atoms with E-state index in [0.717, 1.165) is 16.0 Å². The van der Waals surface area contributed by atoms with Gasteiger partial charge in [0.15, 0.2) is 0 Å². The fraction of sp³-hybridized carbons (Fsp3) is 0.0909. The van der Waals surface area contributed by atoms with Crippen LogP contribution in [0.1, 0.15) is 17.4 Å². The number of hydrogen-bond acceptors (Lipinski definition) is 4. The SMILES string of the molecule is C=Cc1csc(/C(=C/C)C(=NS)C(=N)I)c1. The second kappa shape index (κ2) is 6.36. The highest BCUT2D eigenvalue weighted by atomic mass is 127. The topological polar surface area (TPSA) is 36.2 Å². The Morgan fingerprint density at radius 2 is 2.38 bits per heavy atom. The summed E-state index contributed by atoms with van der Waals surface area (Å²) in [5.74, 6) is 0. The summed E-state index contributed by atoms with van der Waals surface area (Å²) in [5.41, 5.74) is 2.62. The van der Waals surface area contributed by atoms with Crippen molar-refractivity contribution in [1.82, 2.24) is 0 Å². The van der Waals surface area contributed by atoms with Crippen LogP contribution in [0.4, 0.5) is 0 Å². The van der Waals surface area contributed by atoms with Crippen molar-refractivity contribution in [3.8, 4) is 0 Å². The van der Waals surface area contributed by atoms with Crippen molar-refractivity contribution in [3.63, 3.8) is 0 Å². The van der Waals surface area contributed by atoms with Crippen molar-refractivity contribution in [2.45, 2.75) is 6.92 Å². The van der Waals surface area contributed by atoms with Crippen LogP contribution >= 0.6 is 46.7 Å².